The van der Waals surface area contributed by atoms with Gasteiger partial charge in [-0.15, -0.1) is 0 Å². The van der Waals surface area contributed by atoms with Gasteiger partial charge in [-0.25, -0.2) is 15.0 Å². The first-order valence-corrected chi connectivity index (χ1v) is 11.6. The van der Waals surface area contributed by atoms with E-state index >= 15 is 0 Å². The van der Waals surface area contributed by atoms with Crippen LogP contribution in [0.1, 0.15) is 45.1 Å². The van der Waals surface area contributed by atoms with Crippen LogP contribution in [0.2, 0.25) is 0 Å². The van der Waals surface area contributed by atoms with Gasteiger partial charge >= 0.3 is 0 Å². The molecule has 0 aromatic carbocycles. The number of nitrogens with one attached hydrogen (secondary N) is 2. The quantitative estimate of drug-likeness (QED) is 0.492. The molecular weight excluding hydrogens is 396 g/mol. The van der Waals surface area contributed by atoms with Crippen molar-refractivity contribution in [1.29, 1.82) is 0 Å². The molecule has 0 atom stereocenters. The number of nitrogens with zero attached hydrogens (tertiary/aromatic N) is 4. The molecule has 0 unspecified atom stereocenters. The van der Waals surface area contributed by atoms with Crippen LogP contribution in [-0.2, 0) is 6.54 Å². The van der Waals surface area contributed by atoms with Gasteiger partial charge in [-0.3, -0.25) is 4.90 Å². The maximum Gasteiger partial charge on any atom is 0.190 e. The molecule has 0 saturated heterocycles. The highest BCUT2D eigenvalue weighted by Crippen LogP contribution is 2.28. The van der Waals surface area contributed by atoms with Gasteiger partial charge in [0, 0.05) is 18.8 Å². The second-order valence-electron chi connectivity index (χ2n) is 7.83. The summed E-state index contributed by atoms with van der Waals surface area (Å²) in [5.74, 6) is 1.67. The Balaban J connectivity index is 1.57. The predicted octanol–water partition coefficient (Wildman–Crippen LogP) is 4.39. The lowest BCUT2D eigenvalue weighted by atomic mass is 9.93. The maximum absolute atomic E-state index is 9.79. The third-order valence-electron chi connectivity index (χ3n) is 5.64. The smallest absolute Gasteiger partial charge is 0.190 e. The van der Waals surface area contributed by atoms with Gasteiger partial charge in [-0.05, 0) is 68.6 Å². The van der Waals surface area contributed by atoms with Gasteiger partial charge in [-0.2, -0.15) is 0 Å². The fraction of sp³-hybridized carbons (Fsp3) is 0.500. The van der Waals surface area contributed by atoms with Crippen LogP contribution < -0.4 is 10.6 Å². The van der Waals surface area contributed by atoms with E-state index in [-0.39, 0.29) is 6.10 Å². The molecule has 3 N–H and O–H groups in total. The molecule has 3 aromatic heterocycles. The minimum absolute atomic E-state index is 0.158. The Kier molecular flexibility index (Phi) is 6.76. The van der Waals surface area contributed by atoms with Gasteiger partial charge < -0.3 is 15.7 Å². The Hall–Kier alpha value is -2.29. The van der Waals surface area contributed by atoms with Crippen molar-refractivity contribution in [3.63, 3.8) is 0 Å². The molecule has 3 aromatic rings. The molecule has 0 amide bonds. The summed E-state index contributed by atoms with van der Waals surface area (Å²) in [5.41, 5.74) is 2.11. The van der Waals surface area contributed by atoms with Crippen molar-refractivity contribution in [2.24, 2.45) is 0 Å². The molecule has 0 spiro atoms. The number of rotatable bonds is 8. The van der Waals surface area contributed by atoms with Crippen LogP contribution in [0, 0.1) is 0 Å². The van der Waals surface area contributed by atoms with Crippen LogP contribution in [0.4, 0.5) is 16.8 Å². The van der Waals surface area contributed by atoms with Gasteiger partial charge in [0.05, 0.1) is 6.10 Å². The third-order valence-corrected chi connectivity index (χ3v) is 6.53. The lowest BCUT2D eigenvalue weighted by Gasteiger charge is -2.27. The van der Waals surface area contributed by atoms with E-state index in [0.717, 1.165) is 72.4 Å². The third kappa shape index (κ3) is 5.24. The monoisotopic (exact) mass is 426 g/mol. The first-order valence-electron chi connectivity index (χ1n) is 10.8. The van der Waals surface area contributed by atoms with Crippen LogP contribution in [-0.4, -0.2) is 50.2 Å². The Bertz CT molecular complexity index is 932. The zero-order chi connectivity index (χ0) is 20.9. The van der Waals surface area contributed by atoms with E-state index in [9.17, 15) is 5.11 Å². The van der Waals surface area contributed by atoms with Crippen molar-refractivity contribution in [2.75, 3.05) is 23.7 Å². The van der Waals surface area contributed by atoms with E-state index in [1.54, 1.807) is 6.20 Å². The van der Waals surface area contributed by atoms with Gasteiger partial charge in [0.1, 0.15) is 22.0 Å². The summed E-state index contributed by atoms with van der Waals surface area (Å²) in [5, 5.41) is 17.6. The number of hydrogen-bond donors (Lipinski definition) is 3. The summed E-state index contributed by atoms with van der Waals surface area (Å²) < 4.78 is 0. The molecule has 30 heavy (non-hydrogen) atoms. The number of thiazole rings is 1. The normalized spacial score (nSPS) is 19.3. The van der Waals surface area contributed by atoms with Crippen LogP contribution in [0.3, 0.4) is 0 Å². The van der Waals surface area contributed by atoms with Crippen molar-refractivity contribution < 1.29 is 5.11 Å². The Morgan fingerprint density at radius 3 is 2.60 bits per heavy atom. The second kappa shape index (κ2) is 9.68. The SMILES string of the molecule is CCN(CC)Cc1cc(Nc2nc3cccnc3s2)nc(NC2CCC(O)CC2)c1. The average Bonchev–Trinajstić information content (AvgIpc) is 3.15. The molecule has 8 heteroatoms. The summed E-state index contributed by atoms with van der Waals surface area (Å²) in [4.78, 5) is 17.1. The van der Waals surface area contributed by atoms with Gasteiger partial charge in [0.15, 0.2) is 5.13 Å². The average molecular weight is 427 g/mol. The summed E-state index contributed by atoms with van der Waals surface area (Å²) in [6.07, 6.45) is 5.26. The fourth-order valence-corrected chi connectivity index (χ4v) is 4.70. The molecule has 1 aliphatic rings. The molecule has 0 radical (unpaired) electrons. The van der Waals surface area contributed by atoms with Crippen LogP contribution in [0.5, 0.6) is 0 Å². The molecule has 0 aliphatic heterocycles. The van der Waals surface area contributed by atoms with Crippen LogP contribution in [0.15, 0.2) is 30.5 Å². The minimum atomic E-state index is -0.158. The Morgan fingerprint density at radius 2 is 1.87 bits per heavy atom. The standard InChI is InChI=1S/C22H30N6OS/c1-3-28(4-2)14-15-12-19(24-16-7-9-17(29)10-8-16)26-20(13-15)27-22-25-18-6-5-11-23-21(18)30-22/h5-6,11-13,16-17,29H,3-4,7-10,14H2,1-2H3,(H2,24,25,26,27). The predicted molar refractivity (Wildman–Crippen MR) is 123 cm³/mol. The molecule has 0 bridgehead atoms. The first kappa shape index (κ1) is 21.0. The minimum Gasteiger partial charge on any atom is -0.393 e. The number of aliphatic hydroxyl groups is 1. The van der Waals surface area contributed by atoms with Crippen LogP contribution in [0.25, 0.3) is 10.3 Å². The highest BCUT2D eigenvalue weighted by molar-refractivity contribution is 7.21. The van der Waals surface area contributed by atoms with Crippen LogP contribution >= 0.6 is 11.3 Å². The number of anilines is 3. The second-order valence-corrected chi connectivity index (χ2v) is 8.81. The fourth-order valence-electron chi connectivity index (χ4n) is 3.88. The molecular formula is C22H30N6OS. The summed E-state index contributed by atoms with van der Waals surface area (Å²) in [6.45, 7) is 7.27. The Labute approximate surface area is 181 Å². The molecule has 1 saturated carbocycles. The molecule has 4 rings (SSSR count). The molecule has 1 fully saturated rings. The zero-order valence-corrected chi connectivity index (χ0v) is 18.5. The number of hydrogen-bond acceptors (Lipinski definition) is 8. The molecule has 160 valence electrons. The number of aromatic nitrogens is 3. The molecule has 3 heterocycles. The van der Waals surface area contributed by atoms with Crippen molar-refractivity contribution in [3.05, 3.63) is 36.0 Å². The van der Waals surface area contributed by atoms with Crippen molar-refractivity contribution in [2.45, 2.75) is 58.2 Å². The topological polar surface area (TPSA) is 86.2 Å². The maximum atomic E-state index is 9.79. The van der Waals surface area contributed by atoms with Crippen molar-refractivity contribution in [1.82, 2.24) is 19.9 Å². The number of pyridine rings is 2. The first-order chi connectivity index (χ1) is 14.6. The molecule has 1 aliphatic carbocycles. The van der Waals surface area contributed by atoms with E-state index in [4.69, 9.17) is 4.98 Å². The summed E-state index contributed by atoms with van der Waals surface area (Å²) in [7, 11) is 0. The van der Waals surface area contributed by atoms with Crippen molar-refractivity contribution in [3.8, 4) is 0 Å². The summed E-state index contributed by atoms with van der Waals surface area (Å²) in [6, 6.07) is 8.47. The zero-order valence-electron chi connectivity index (χ0n) is 17.6. The highest BCUT2D eigenvalue weighted by Gasteiger charge is 2.20. The van der Waals surface area contributed by atoms with Gasteiger partial charge in [0.25, 0.3) is 0 Å². The highest BCUT2D eigenvalue weighted by atomic mass is 32.1. The van der Waals surface area contributed by atoms with E-state index < -0.39 is 0 Å². The van der Waals surface area contributed by atoms with Gasteiger partial charge in [0.2, 0.25) is 0 Å². The number of aliphatic hydroxyl groups excluding tert-OH is 1. The summed E-state index contributed by atoms with van der Waals surface area (Å²) >= 11 is 1.53. The largest absolute Gasteiger partial charge is 0.393 e. The van der Waals surface area contributed by atoms with E-state index in [0.29, 0.717) is 6.04 Å². The van der Waals surface area contributed by atoms with E-state index in [2.05, 4.69) is 51.5 Å². The van der Waals surface area contributed by atoms with Crippen molar-refractivity contribution >= 4 is 38.5 Å². The van der Waals surface area contributed by atoms with Gasteiger partial charge in [-0.1, -0.05) is 25.2 Å². The molecule has 7 nitrogen and oxygen atoms in total. The van der Waals surface area contributed by atoms with E-state index in [1.165, 1.54) is 16.9 Å². The lowest BCUT2D eigenvalue weighted by Crippen LogP contribution is -2.28. The lowest BCUT2D eigenvalue weighted by molar-refractivity contribution is 0.126. The van der Waals surface area contributed by atoms with E-state index in [1.807, 2.05) is 12.1 Å². The Morgan fingerprint density at radius 1 is 1.10 bits per heavy atom. The number of fused-ring (bicyclic) bond motifs is 1.